The molecule has 1 aliphatic heterocycles. The highest BCUT2D eigenvalue weighted by Gasteiger charge is 2.16. The number of nitrogens with zero attached hydrogens (tertiary/aromatic N) is 1. The average molecular weight is 271 g/mol. The van der Waals surface area contributed by atoms with Gasteiger partial charge in [0.25, 0.3) is 5.91 Å². The van der Waals surface area contributed by atoms with Crippen LogP contribution in [0.1, 0.15) is 16.1 Å². The number of amides is 1. The predicted molar refractivity (Wildman–Crippen MR) is 73.9 cm³/mol. The topological polar surface area (TPSA) is 86.5 Å². The van der Waals surface area contributed by atoms with Gasteiger partial charge in [-0.25, -0.2) is 4.98 Å². The number of nitrogens with one attached hydrogen (secondary N) is 1. The lowest BCUT2D eigenvalue weighted by molar-refractivity contribution is 0.102. The van der Waals surface area contributed by atoms with Crippen molar-refractivity contribution in [1.82, 2.24) is 4.98 Å². The maximum atomic E-state index is 12.1. The second-order valence-electron chi connectivity index (χ2n) is 4.39. The zero-order chi connectivity index (χ0) is 14.1. The van der Waals surface area contributed by atoms with Crippen LogP contribution in [0.3, 0.4) is 0 Å². The van der Waals surface area contributed by atoms with Crippen LogP contribution in [0, 0.1) is 6.92 Å². The first-order valence-electron chi connectivity index (χ1n) is 6.07. The molecule has 0 spiro atoms. The van der Waals surface area contributed by atoms with Gasteiger partial charge in [-0.3, -0.25) is 4.79 Å². The van der Waals surface area contributed by atoms with Gasteiger partial charge in [-0.1, -0.05) is 0 Å². The summed E-state index contributed by atoms with van der Waals surface area (Å²) in [6.45, 7) is 1.96. The summed E-state index contributed by atoms with van der Waals surface area (Å²) in [5.41, 5.74) is 7.43. The van der Waals surface area contributed by atoms with E-state index in [1.807, 2.05) is 0 Å². The van der Waals surface area contributed by atoms with E-state index in [0.29, 0.717) is 34.3 Å². The van der Waals surface area contributed by atoms with Gasteiger partial charge in [0, 0.05) is 5.56 Å². The van der Waals surface area contributed by atoms with E-state index in [2.05, 4.69) is 10.3 Å². The molecule has 0 saturated carbocycles. The second-order valence-corrected chi connectivity index (χ2v) is 4.39. The average Bonchev–Trinajstić information content (AvgIpc) is 2.90. The van der Waals surface area contributed by atoms with Crippen molar-refractivity contribution < 1.29 is 14.3 Å². The fourth-order valence-electron chi connectivity index (χ4n) is 1.87. The number of hydrogen-bond acceptors (Lipinski definition) is 5. The van der Waals surface area contributed by atoms with E-state index >= 15 is 0 Å². The third-order valence-electron chi connectivity index (χ3n) is 3.00. The van der Waals surface area contributed by atoms with Crippen LogP contribution in [-0.4, -0.2) is 17.7 Å². The number of fused-ring (bicyclic) bond motifs is 1. The molecule has 102 valence electrons. The van der Waals surface area contributed by atoms with Gasteiger partial charge in [0.15, 0.2) is 11.5 Å². The molecule has 0 radical (unpaired) electrons. The standard InChI is InChI=1S/C14H13N3O3/c1-8-10(15)3-5-13(16-8)17-14(18)9-2-4-11-12(6-9)20-7-19-11/h2-6H,7,15H2,1H3,(H,16,17,18). The first-order chi connectivity index (χ1) is 9.63. The summed E-state index contributed by atoms with van der Waals surface area (Å²) in [5, 5.41) is 2.72. The number of pyridine rings is 1. The van der Waals surface area contributed by atoms with Crippen LogP contribution in [-0.2, 0) is 0 Å². The molecule has 6 heteroatoms. The van der Waals surface area contributed by atoms with Gasteiger partial charge in [0.2, 0.25) is 6.79 Å². The van der Waals surface area contributed by atoms with Gasteiger partial charge in [-0.05, 0) is 37.3 Å². The molecule has 0 atom stereocenters. The van der Waals surface area contributed by atoms with Gasteiger partial charge in [-0.2, -0.15) is 0 Å². The molecule has 0 fully saturated rings. The Morgan fingerprint density at radius 3 is 2.85 bits per heavy atom. The highest BCUT2D eigenvalue weighted by atomic mass is 16.7. The number of aryl methyl sites for hydroxylation is 1. The number of rotatable bonds is 2. The highest BCUT2D eigenvalue weighted by Crippen LogP contribution is 2.32. The predicted octanol–water partition coefficient (Wildman–Crippen LogP) is 1.95. The monoisotopic (exact) mass is 271 g/mol. The number of anilines is 2. The molecule has 3 rings (SSSR count). The van der Waals surface area contributed by atoms with Crippen molar-refractivity contribution in [2.75, 3.05) is 17.8 Å². The lowest BCUT2D eigenvalue weighted by Crippen LogP contribution is -2.13. The summed E-state index contributed by atoms with van der Waals surface area (Å²) < 4.78 is 10.4. The number of carbonyl (C=O) groups excluding carboxylic acids is 1. The van der Waals surface area contributed by atoms with Crippen molar-refractivity contribution in [2.24, 2.45) is 0 Å². The summed E-state index contributed by atoms with van der Waals surface area (Å²) in [5.74, 6) is 1.40. The van der Waals surface area contributed by atoms with Crippen molar-refractivity contribution in [3.8, 4) is 11.5 Å². The summed E-state index contributed by atoms with van der Waals surface area (Å²) in [4.78, 5) is 16.3. The van der Waals surface area contributed by atoms with Crippen molar-refractivity contribution in [3.05, 3.63) is 41.6 Å². The first-order valence-corrected chi connectivity index (χ1v) is 6.07. The number of nitrogen functional groups attached to an aromatic ring is 1. The molecule has 3 N–H and O–H groups in total. The Morgan fingerprint density at radius 1 is 1.25 bits per heavy atom. The molecule has 0 bridgehead atoms. The fraction of sp³-hybridized carbons (Fsp3) is 0.143. The van der Waals surface area contributed by atoms with Gasteiger partial charge >= 0.3 is 0 Å². The largest absolute Gasteiger partial charge is 0.454 e. The molecular formula is C14H13N3O3. The molecule has 0 saturated heterocycles. The molecular weight excluding hydrogens is 258 g/mol. The third-order valence-corrected chi connectivity index (χ3v) is 3.00. The van der Waals surface area contributed by atoms with Crippen LogP contribution in [0.4, 0.5) is 11.5 Å². The van der Waals surface area contributed by atoms with Crippen LogP contribution in [0.5, 0.6) is 11.5 Å². The number of aromatic nitrogens is 1. The van der Waals surface area contributed by atoms with E-state index in [1.165, 1.54) is 0 Å². The Labute approximate surface area is 115 Å². The maximum absolute atomic E-state index is 12.1. The number of nitrogens with two attached hydrogens (primary N) is 1. The van der Waals surface area contributed by atoms with Crippen molar-refractivity contribution in [1.29, 1.82) is 0 Å². The number of ether oxygens (including phenoxy) is 2. The molecule has 1 aromatic carbocycles. The molecule has 2 heterocycles. The zero-order valence-electron chi connectivity index (χ0n) is 10.8. The van der Waals surface area contributed by atoms with Crippen molar-refractivity contribution >= 4 is 17.4 Å². The van der Waals surface area contributed by atoms with Crippen LogP contribution in [0.2, 0.25) is 0 Å². The quantitative estimate of drug-likeness (QED) is 0.871. The Morgan fingerprint density at radius 2 is 2.05 bits per heavy atom. The van der Waals surface area contributed by atoms with E-state index < -0.39 is 0 Å². The molecule has 1 aliphatic rings. The highest BCUT2D eigenvalue weighted by molar-refractivity contribution is 6.04. The second kappa shape index (κ2) is 4.73. The minimum Gasteiger partial charge on any atom is -0.454 e. The lowest BCUT2D eigenvalue weighted by atomic mass is 10.2. The molecule has 6 nitrogen and oxygen atoms in total. The zero-order valence-corrected chi connectivity index (χ0v) is 10.8. The van der Waals surface area contributed by atoms with Gasteiger partial charge < -0.3 is 20.5 Å². The minimum atomic E-state index is -0.264. The van der Waals surface area contributed by atoms with Crippen LogP contribution in [0.25, 0.3) is 0 Å². The molecule has 1 amide bonds. The number of benzene rings is 1. The molecule has 0 unspecified atom stereocenters. The van der Waals surface area contributed by atoms with Crippen molar-refractivity contribution in [3.63, 3.8) is 0 Å². The fourth-order valence-corrected chi connectivity index (χ4v) is 1.87. The van der Waals surface area contributed by atoms with Gasteiger partial charge in [0.1, 0.15) is 5.82 Å². The molecule has 0 aliphatic carbocycles. The molecule has 2 aromatic rings. The van der Waals surface area contributed by atoms with E-state index in [4.69, 9.17) is 15.2 Å². The van der Waals surface area contributed by atoms with E-state index in [9.17, 15) is 4.79 Å². The number of carbonyl (C=O) groups is 1. The summed E-state index contributed by atoms with van der Waals surface area (Å²) in [7, 11) is 0. The van der Waals surface area contributed by atoms with Crippen LogP contribution >= 0.6 is 0 Å². The Balaban J connectivity index is 1.80. The van der Waals surface area contributed by atoms with Crippen LogP contribution in [0.15, 0.2) is 30.3 Å². The third kappa shape index (κ3) is 2.23. The Bertz CT molecular complexity index is 685. The summed E-state index contributed by atoms with van der Waals surface area (Å²) >= 11 is 0. The van der Waals surface area contributed by atoms with Gasteiger partial charge in [0.05, 0.1) is 11.4 Å². The Hall–Kier alpha value is -2.76. The van der Waals surface area contributed by atoms with E-state index in [1.54, 1.807) is 37.3 Å². The van der Waals surface area contributed by atoms with Crippen molar-refractivity contribution in [2.45, 2.75) is 6.92 Å². The molecule has 20 heavy (non-hydrogen) atoms. The summed E-state index contributed by atoms with van der Waals surface area (Å²) in [6.07, 6.45) is 0. The first kappa shape index (κ1) is 12.3. The lowest BCUT2D eigenvalue weighted by Gasteiger charge is -2.07. The minimum absolute atomic E-state index is 0.180. The van der Waals surface area contributed by atoms with Gasteiger partial charge in [-0.15, -0.1) is 0 Å². The normalized spacial score (nSPS) is 12.2. The smallest absolute Gasteiger partial charge is 0.256 e. The maximum Gasteiger partial charge on any atom is 0.256 e. The SMILES string of the molecule is Cc1nc(NC(=O)c2ccc3c(c2)OCO3)ccc1N. The molecule has 1 aromatic heterocycles. The van der Waals surface area contributed by atoms with E-state index in [-0.39, 0.29) is 12.7 Å². The van der Waals surface area contributed by atoms with E-state index in [0.717, 1.165) is 0 Å². The summed E-state index contributed by atoms with van der Waals surface area (Å²) in [6, 6.07) is 8.39. The number of hydrogen-bond donors (Lipinski definition) is 2. The Kier molecular flexibility index (Phi) is 2.90. The van der Waals surface area contributed by atoms with Crippen LogP contribution < -0.4 is 20.5 Å².